The molecule has 0 amide bonds. The Bertz CT molecular complexity index is 672. The van der Waals surface area contributed by atoms with E-state index in [1.54, 1.807) is 42.6 Å². The molecule has 6 heteroatoms. The molecule has 2 aromatic rings. The minimum atomic E-state index is -0.549. The Morgan fingerprint density at radius 2 is 1.95 bits per heavy atom. The molecule has 1 heterocycles. The lowest BCUT2D eigenvalue weighted by Crippen LogP contribution is -2.12. The smallest absolute Gasteiger partial charge is 0.346 e. The predicted molar refractivity (Wildman–Crippen MR) is 79.1 cm³/mol. The lowest BCUT2D eigenvalue weighted by atomic mass is 10.1. The largest absolute Gasteiger partial charge is 0.469 e. The third kappa shape index (κ3) is 3.88. The van der Waals surface area contributed by atoms with Crippen molar-refractivity contribution in [3.8, 4) is 5.75 Å². The number of ether oxygens (including phenoxy) is 2. The molecule has 1 aromatic heterocycles. The molecular weight excluding hydrogens is 338 g/mol. The van der Waals surface area contributed by atoms with E-state index in [-0.39, 0.29) is 6.42 Å². The molecule has 0 aliphatic heterocycles. The van der Waals surface area contributed by atoms with Crippen molar-refractivity contribution in [1.82, 2.24) is 4.98 Å². The van der Waals surface area contributed by atoms with E-state index >= 15 is 0 Å². The number of methoxy groups -OCH3 is 1. The van der Waals surface area contributed by atoms with Gasteiger partial charge in [0.05, 0.1) is 19.1 Å². The molecule has 0 saturated carbocycles. The molecule has 0 radical (unpaired) electrons. The van der Waals surface area contributed by atoms with E-state index in [4.69, 9.17) is 4.74 Å². The summed E-state index contributed by atoms with van der Waals surface area (Å²) in [5.41, 5.74) is 0.892. The number of hydrogen-bond donors (Lipinski definition) is 0. The monoisotopic (exact) mass is 349 g/mol. The van der Waals surface area contributed by atoms with Crippen LogP contribution in [0, 0.1) is 0 Å². The predicted octanol–water partition coefficient (Wildman–Crippen LogP) is 2.78. The minimum Gasteiger partial charge on any atom is -0.469 e. The molecule has 0 atom stereocenters. The van der Waals surface area contributed by atoms with Gasteiger partial charge in [0.25, 0.3) is 0 Å². The van der Waals surface area contributed by atoms with Crippen LogP contribution in [-0.4, -0.2) is 24.0 Å². The van der Waals surface area contributed by atoms with Gasteiger partial charge in [-0.1, -0.05) is 18.2 Å². The van der Waals surface area contributed by atoms with Crippen LogP contribution < -0.4 is 4.74 Å². The molecule has 1 aromatic carbocycles. The number of halogens is 1. The molecule has 108 valence electrons. The van der Waals surface area contributed by atoms with E-state index in [9.17, 15) is 9.59 Å². The summed E-state index contributed by atoms with van der Waals surface area (Å²) in [6.07, 6.45) is 1.60. The Balaban J connectivity index is 2.22. The van der Waals surface area contributed by atoms with Gasteiger partial charge in [0.2, 0.25) is 0 Å². The van der Waals surface area contributed by atoms with Gasteiger partial charge in [-0.15, -0.1) is 0 Å². The lowest BCUT2D eigenvalue weighted by molar-refractivity contribution is -0.139. The molecular formula is C15H12BrNO4. The van der Waals surface area contributed by atoms with Crippen LogP contribution in [0.1, 0.15) is 15.9 Å². The molecule has 0 aliphatic rings. The Labute approximate surface area is 130 Å². The van der Waals surface area contributed by atoms with Crippen LogP contribution in [0.25, 0.3) is 0 Å². The van der Waals surface area contributed by atoms with Gasteiger partial charge in [-0.05, 0) is 34.1 Å². The maximum absolute atomic E-state index is 12.1. The average Bonchev–Trinajstić information content (AvgIpc) is 2.49. The van der Waals surface area contributed by atoms with E-state index in [0.29, 0.717) is 21.5 Å². The van der Waals surface area contributed by atoms with Crippen molar-refractivity contribution in [2.75, 3.05) is 7.11 Å². The van der Waals surface area contributed by atoms with Crippen molar-refractivity contribution in [1.29, 1.82) is 0 Å². The van der Waals surface area contributed by atoms with Crippen molar-refractivity contribution in [2.45, 2.75) is 6.42 Å². The number of para-hydroxylation sites is 1. The van der Waals surface area contributed by atoms with Crippen molar-refractivity contribution >= 4 is 27.9 Å². The summed E-state index contributed by atoms with van der Waals surface area (Å²) in [7, 11) is 1.31. The Morgan fingerprint density at radius 3 is 2.67 bits per heavy atom. The number of rotatable bonds is 4. The summed E-state index contributed by atoms with van der Waals surface area (Å²) < 4.78 is 10.4. The summed E-state index contributed by atoms with van der Waals surface area (Å²) in [5.74, 6) is -0.628. The van der Waals surface area contributed by atoms with E-state index < -0.39 is 11.9 Å². The first-order valence-corrected chi connectivity index (χ1v) is 6.88. The molecule has 0 N–H and O–H groups in total. The minimum absolute atomic E-state index is 0.0359. The van der Waals surface area contributed by atoms with E-state index in [1.807, 2.05) is 0 Å². The molecule has 0 bridgehead atoms. The highest BCUT2D eigenvalue weighted by molar-refractivity contribution is 9.10. The zero-order chi connectivity index (χ0) is 15.2. The topological polar surface area (TPSA) is 65.5 Å². The van der Waals surface area contributed by atoms with Crippen molar-refractivity contribution in [3.05, 3.63) is 58.3 Å². The summed E-state index contributed by atoms with van der Waals surface area (Å²) in [4.78, 5) is 27.5. The van der Waals surface area contributed by atoms with Crippen LogP contribution in [0.2, 0.25) is 0 Å². The zero-order valence-electron chi connectivity index (χ0n) is 11.2. The molecule has 5 nitrogen and oxygen atoms in total. The highest BCUT2D eigenvalue weighted by Crippen LogP contribution is 2.22. The third-order valence-corrected chi connectivity index (χ3v) is 3.35. The zero-order valence-corrected chi connectivity index (χ0v) is 12.8. The van der Waals surface area contributed by atoms with E-state index in [2.05, 4.69) is 25.7 Å². The maximum Gasteiger partial charge on any atom is 0.346 e. The van der Waals surface area contributed by atoms with Crippen molar-refractivity contribution in [3.63, 3.8) is 0 Å². The van der Waals surface area contributed by atoms with Crippen LogP contribution in [0.3, 0.4) is 0 Å². The van der Waals surface area contributed by atoms with Crippen LogP contribution in [0.5, 0.6) is 5.75 Å². The molecule has 0 saturated heterocycles. The Kier molecular flexibility index (Phi) is 5.05. The number of aromatic nitrogens is 1. The van der Waals surface area contributed by atoms with Crippen LogP contribution in [0.15, 0.2) is 47.2 Å². The molecule has 0 aliphatic carbocycles. The van der Waals surface area contributed by atoms with Gasteiger partial charge in [-0.25, -0.2) is 9.78 Å². The third-order valence-electron chi connectivity index (χ3n) is 2.72. The average molecular weight is 350 g/mol. The number of carbonyl (C=O) groups is 2. The SMILES string of the molecule is COC(=O)Cc1ccccc1OC(=O)c1cccnc1Br. The van der Waals surface area contributed by atoms with Gasteiger partial charge in [0.1, 0.15) is 10.4 Å². The first-order chi connectivity index (χ1) is 10.1. The number of hydrogen-bond acceptors (Lipinski definition) is 5. The summed E-state index contributed by atoms with van der Waals surface area (Å²) in [5, 5.41) is 0. The first kappa shape index (κ1) is 15.2. The summed E-state index contributed by atoms with van der Waals surface area (Å²) >= 11 is 3.19. The van der Waals surface area contributed by atoms with Gasteiger partial charge in [0, 0.05) is 11.8 Å². The standard InChI is InChI=1S/C15H12BrNO4/c1-20-13(18)9-10-5-2-3-7-12(10)21-15(19)11-6-4-8-17-14(11)16/h2-8H,9H2,1H3. The lowest BCUT2D eigenvalue weighted by Gasteiger charge is -2.09. The van der Waals surface area contributed by atoms with Gasteiger partial charge < -0.3 is 9.47 Å². The first-order valence-electron chi connectivity index (χ1n) is 6.09. The van der Waals surface area contributed by atoms with Gasteiger partial charge >= 0.3 is 11.9 Å². The van der Waals surface area contributed by atoms with Gasteiger partial charge in [0.15, 0.2) is 0 Å². The summed E-state index contributed by atoms with van der Waals surface area (Å²) in [6.45, 7) is 0. The maximum atomic E-state index is 12.1. The van der Waals surface area contributed by atoms with E-state index in [1.165, 1.54) is 7.11 Å². The van der Waals surface area contributed by atoms with Crippen LogP contribution in [0.4, 0.5) is 0 Å². The molecule has 21 heavy (non-hydrogen) atoms. The fraction of sp³-hybridized carbons (Fsp3) is 0.133. The van der Waals surface area contributed by atoms with Crippen LogP contribution in [-0.2, 0) is 16.0 Å². The molecule has 0 spiro atoms. The van der Waals surface area contributed by atoms with Gasteiger partial charge in [-0.2, -0.15) is 0 Å². The number of pyridine rings is 1. The highest BCUT2D eigenvalue weighted by atomic mass is 79.9. The van der Waals surface area contributed by atoms with Gasteiger partial charge in [-0.3, -0.25) is 4.79 Å². The normalized spacial score (nSPS) is 10.0. The number of nitrogens with zero attached hydrogens (tertiary/aromatic N) is 1. The second-order valence-electron chi connectivity index (χ2n) is 4.09. The number of esters is 2. The highest BCUT2D eigenvalue weighted by Gasteiger charge is 2.16. The molecule has 0 unspecified atom stereocenters. The Hall–Kier alpha value is -2.21. The quantitative estimate of drug-likeness (QED) is 0.482. The van der Waals surface area contributed by atoms with E-state index in [0.717, 1.165) is 0 Å². The van der Waals surface area contributed by atoms with Crippen molar-refractivity contribution < 1.29 is 19.1 Å². The van der Waals surface area contributed by atoms with Crippen molar-refractivity contribution in [2.24, 2.45) is 0 Å². The molecule has 0 fully saturated rings. The number of carbonyl (C=O) groups excluding carboxylic acids is 2. The second-order valence-corrected chi connectivity index (χ2v) is 4.84. The van der Waals surface area contributed by atoms with Crippen LogP contribution >= 0.6 is 15.9 Å². The fourth-order valence-corrected chi connectivity index (χ4v) is 2.08. The Morgan fingerprint density at radius 1 is 1.19 bits per heavy atom. The second kappa shape index (κ2) is 6.99. The number of benzene rings is 1. The summed E-state index contributed by atoms with van der Waals surface area (Å²) in [6, 6.07) is 10.1. The molecule has 2 rings (SSSR count). The fourth-order valence-electron chi connectivity index (χ4n) is 1.67.